The molecule has 0 saturated carbocycles. The molecule has 0 aliphatic heterocycles. The molecule has 27 heavy (non-hydrogen) atoms. The maximum atomic E-state index is 11.2. The fraction of sp³-hybridized carbons (Fsp3) is 0.409. The van der Waals surface area contributed by atoms with Gasteiger partial charge >= 0.3 is 5.97 Å². The third kappa shape index (κ3) is 5.93. The van der Waals surface area contributed by atoms with Crippen molar-refractivity contribution in [3.05, 3.63) is 54.1 Å². The van der Waals surface area contributed by atoms with Crippen LogP contribution >= 0.6 is 11.8 Å². The van der Waals surface area contributed by atoms with E-state index in [0.29, 0.717) is 12.4 Å². The summed E-state index contributed by atoms with van der Waals surface area (Å²) in [5, 5.41) is 9.19. The summed E-state index contributed by atoms with van der Waals surface area (Å²) in [5.41, 5.74) is 0.305. The van der Waals surface area contributed by atoms with E-state index in [4.69, 9.17) is 9.47 Å². The van der Waals surface area contributed by atoms with Gasteiger partial charge in [0.1, 0.15) is 11.5 Å². The van der Waals surface area contributed by atoms with Gasteiger partial charge in [0.15, 0.2) is 0 Å². The Kier molecular flexibility index (Phi) is 6.82. The summed E-state index contributed by atoms with van der Waals surface area (Å²) in [6.45, 7) is 8.32. The van der Waals surface area contributed by atoms with Crippen molar-refractivity contribution in [1.29, 1.82) is 0 Å². The predicted molar refractivity (Wildman–Crippen MR) is 110 cm³/mol. The van der Waals surface area contributed by atoms with Crippen molar-refractivity contribution in [2.24, 2.45) is 5.41 Å². The van der Waals surface area contributed by atoms with E-state index in [0.717, 1.165) is 16.4 Å². The maximum Gasteiger partial charge on any atom is 0.309 e. The largest absolute Gasteiger partial charge is 0.497 e. The van der Waals surface area contributed by atoms with Crippen LogP contribution in [-0.4, -0.2) is 30.5 Å². The molecule has 0 amide bonds. The van der Waals surface area contributed by atoms with E-state index in [1.165, 1.54) is 5.56 Å². The lowest BCUT2D eigenvalue weighted by Crippen LogP contribution is -2.26. The van der Waals surface area contributed by atoms with Gasteiger partial charge in [-0.25, -0.2) is 0 Å². The van der Waals surface area contributed by atoms with Crippen molar-refractivity contribution in [2.75, 3.05) is 19.5 Å². The first-order valence-electron chi connectivity index (χ1n) is 8.88. The summed E-state index contributed by atoms with van der Waals surface area (Å²) in [5.74, 6) is 1.39. The van der Waals surface area contributed by atoms with Crippen molar-refractivity contribution >= 4 is 17.7 Å². The smallest absolute Gasteiger partial charge is 0.309 e. The number of carboxylic acid groups (broad SMARTS) is 1. The fourth-order valence-electron chi connectivity index (χ4n) is 2.35. The predicted octanol–water partition coefficient (Wildman–Crippen LogP) is 5.25. The molecule has 0 atom stereocenters. The van der Waals surface area contributed by atoms with Gasteiger partial charge in [-0.1, -0.05) is 26.0 Å². The third-order valence-corrected chi connectivity index (χ3v) is 5.95. The number of methoxy groups -OCH3 is 1. The van der Waals surface area contributed by atoms with Gasteiger partial charge in [-0.3, -0.25) is 4.79 Å². The molecule has 0 unspecified atom stereocenters. The number of hydrogen-bond donors (Lipinski definition) is 1. The van der Waals surface area contributed by atoms with E-state index in [1.54, 1.807) is 32.7 Å². The topological polar surface area (TPSA) is 55.8 Å². The highest BCUT2D eigenvalue weighted by atomic mass is 32.2. The summed E-state index contributed by atoms with van der Waals surface area (Å²) >= 11 is 1.54. The molecule has 2 aromatic rings. The molecule has 2 aromatic carbocycles. The molecule has 0 spiro atoms. The summed E-state index contributed by atoms with van der Waals surface area (Å²) < 4.78 is 11.2. The third-order valence-electron chi connectivity index (χ3n) is 4.47. The molecule has 0 bridgehead atoms. The number of aliphatic carboxylic acids is 1. The minimum absolute atomic E-state index is 0.134. The first-order valence-corrected chi connectivity index (χ1v) is 9.86. The van der Waals surface area contributed by atoms with E-state index in [-0.39, 0.29) is 5.41 Å². The Bertz CT molecular complexity index is 749. The Balaban J connectivity index is 1.92. The average Bonchev–Trinajstić information content (AvgIpc) is 2.65. The van der Waals surface area contributed by atoms with E-state index >= 15 is 0 Å². The first kappa shape index (κ1) is 21.2. The van der Waals surface area contributed by atoms with E-state index in [9.17, 15) is 9.90 Å². The number of hydrogen-bond acceptors (Lipinski definition) is 4. The Morgan fingerprint density at radius 3 is 2.04 bits per heavy atom. The molecular formula is C22H28O4S. The molecule has 2 rings (SSSR count). The zero-order valence-electron chi connectivity index (χ0n) is 16.6. The van der Waals surface area contributed by atoms with Gasteiger partial charge in [-0.15, -0.1) is 11.8 Å². The van der Waals surface area contributed by atoms with Crippen LogP contribution in [0.5, 0.6) is 11.5 Å². The highest BCUT2D eigenvalue weighted by Gasteiger charge is 2.27. The van der Waals surface area contributed by atoms with Crippen LogP contribution in [0, 0.1) is 5.41 Å². The molecule has 0 radical (unpaired) electrons. The lowest BCUT2D eigenvalue weighted by Gasteiger charge is -2.25. The molecule has 0 aromatic heterocycles. The van der Waals surface area contributed by atoms with Crippen LogP contribution in [0.2, 0.25) is 0 Å². The van der Waals surface area contributed by atoms with Crippen molar-refractivity contribution in [3.63, 3.8) is 0 Å². The van der Waals surface area contributed by atoms with E-state index in [1.807, 2.05) is 36.4 Å². The number of carbonyl (C=O) groups is 1. The van der Waals surface area contributed by atoms with E-state index in [2.05, 4.69) is 26.0 Å². The van der Waals surface area contributed by atoms with Crippen LogP contribution in [0.3, 0.4) is 0 Å². The fourth-order valence-corrected chi connectivity index (χ4v) is 3.33. The summed E-state index contributed by atoms with van der Waals surface area (Å²) in [6.07, 6.45) is 0. The number of benzene rings is 2. The van der Waals surface area contributed by atoms with Crippen molar-refractivity contribution in [3.8, 4) is 11.5 Å². The zero-order chi connectivity index (χ0) is 20.1. The monoisotopic (exact) mass is 388 g/mol. The number of carboxylic acids is 1. The molecular weight excluding hydrogens is 360 g/mol. The van der Waals surface area contributed by atoms with Crippen LogP contribution in [0.15, 0.2) is 53.4 Å². The molecule has 4 nitrogen and oxygen atoms in total. The standard InChI is InChI=1S/C22H28O4S/c1-21(2,16-6-8-17(25-5)9-7-16)14-26-18-10-12-19(13-11-18)27-15-22(3,4)20(23)24/h6-13H,14-15H2,1-5H3,(H,23,24). The highest BCUT2D eigenvalue weighted by molar-refractivity contribution is 7.99. The van der Waals surface area contributed by atoms with Crippen LogP contribution in [0.4, 0.5) is 0 Å². The molecule has 0 saturated heterocycles. The molecule has 0 aliphatic rings. The van der Waals surface area contributed by atoms with Gasteiger partial charge < -0.3 is 14.6 Å². The molecule has 0 fully saturated rings. The van der Waals surface area contributed by atoms with Gasteiger partial charge in [0, 0.05) is 16.1 Å². The lowest BCUT2D eigenvalue weighted by atomic mass is 9.85. The minimum atomic E-state index is -0.782. The van der Waals surface area contributed by atoms with Crippen molar-refractivity contribution in [2.45, 2.75) is 38.0 Å². The molecule has 5 heteroatoms. The number of ether oxygens (including phenoxy) is 2. The Morgan fingerprint density at radius 2 is 1.52 bits per heavy atom. The maximum absolute atomic E-state index is 11.2. The SMILES string of the molecule is COc1ccc(C(C)(C)COc2ccc(SCC(C)(C)C(=O)O)cc2)cc1. The minimum Gasteiger partial charge on any atom is -0.497 e. The lowest BCUT2D eigenvalue weighted by molar-refractivity contribution is -0.145. The molecule has 1 N–H and O–H groups in total. The van der Waals surface area contributed by atoms with Crippen LogP contribution in [0.25, 0.3) is 0 Å². The second-order valence-corrected chi connectivity index (χ2v) is 8.90. The zero-order valence-corrected chi connectivity index (χ0v) is 17.4. The summed E-state index contributed by atoms with van der Waals surface area (Å²) in [6, 6.07) is 15.8. The van der Waals surface area contributed by atoms with Crippen LogP contribution < -0.4 is 9.47 Å². The second kappa shape index (κ2) is 8.70. The average molecular weight is 389 g/mol. The second-order valence-electron chi connectivity index (χ2n) is 7.85. The van der Waals surface area contributed by atoms with Crippen LogP contribution in [0.1, 0.15) is 33.3 Å². The van der Waals surface area contributed by atoms with Gasteiger partial charge in [0.05, 0.1) is 19.1 Å². The molecule has 0 aliphatic carbocycles. The highest BCUT2D eigenvalue weighted by Crippen LogP contribution is 2.30. The number of rotatable bonds is 9. The summed E-state index contributed by atoms with van der Waals surface area (Å²) in [7, 11) is 1.66. The van der Waals surface area contributed by atoms with Gasteiger partial charge in [0.2, 0.25) is 0 Å². The number of thioether (sulfide) groups is 1. The molecule has 0 heterocycles. The first-order chi connectivity index (χ1) is 12.6. The van der Waals surface area contributed by atoms with Gasteiger partial charge in [0.25, 0.3) is 0 Å². The quantitative estimate of drug-likeness (QED) is 0.594. The van der Waals surface area contributed by atoms with Crippen molar-refractivity contribution in [1.82, 2.24) is 0 Å². The summed E-state index contributed by atoms with van der Waals surface area (Å²) in [4.78, 5) is 12.2. The normalized spacial score (nSPS) is 11.9. The van der Waals surface area contributed by atoms with Gasteiger partial charge in [-0.05, 0) is 55.8 Å². The van der Waals surface area contributed by atoms with E-state index < -0.39 is 11.4 Å². The Labute approximate surface area is 165 Å². The van der Waals surface area contributed by atoms with Gasteiger partial charge in [-0.2, -0.15) is 0 Å². The van der Waals surface area contributed by atoms with Crippen LogP contribution in [-0.2, 0) is 10.2 Å². The Morgan fingerprint density at radius 1 is 0.963 bits per heavy atom. The molecule has 146 valence electrons. The Hall–Kier alpha value is -2.14. The van der Waals surface area contributed by atoms with Crippen molar-refractivity contribution < 1.29 is 19.4 Å².